The molecule has 0 bridgehead atoms. The normalized spacial score (nSPS) is 12.2. The standard InChI is InChI=1S/C13H12BrN5O4S/c1-6(24-12-11(22)16-13(23)19-18-12)10(21)17-15-5-7-2-3-9(20)8(14)4-7/h2-6,20H,1H3,(H,17,21)(H2,16,19,22,23)/b15-5+. The Morgan fingerprint density at radius 2 is 2.25 bits per heavy atom. The van der Waals surface area contributed by atoms with Crippen LogP contribution in [0.15, 0.2) is 42.4 Å². The summed E-state index contributed by atoms with van der Waals surface area (Å²) in [5.41, 5.74) is 1.62. The summed E-state index contributed by atoms with van der Waals surface area (Å²) in [6.07, 6.45) is 1.41. The van der Waals surface area contributed by atoms with Crippen LogP contribution >= 0.6 is 27.7 Å². The van der Waals surface area contributed by atoms with E-state index in [1.54, 1.807) is 19.1 Å². The summed E-state index contributed by atoms with van der Waals surface area (Å²) in [5.74, 6) is -0.346. The molecule has 0 radical (unpaired) electrons. The predicted octanol–water partition coefficient (Wildman–Crippen LogP) is 0.557. The van der Waals surface area contributed by atoms with Crippen molar-refractivity contribution in [3.63, 3.8) is 0 Å². The molecule has 0 spiro atoms. The number of aromatic amines is 2. The van der Waals surface area contributed by atoms with Crippen LogP contribution in [0.4, 0.5) is 0 Å². The van der Waals surface area contributed by atoms with E-state index in [0.717, 1.165) is 11.8 Å². The molecule has 11 heteroatoms. The number of nitrogens with zero attached hydrogens (tertiary/aromatic N) is 2. The summed E-state index contributed by atoms with van der Waals surface area (Å²) in [4.78, 5) is 36.3. The number of hydrazone groups is 1. The van der Waals surface area contributed by atoms with E-state index >= 15 is 0 Å². The van der Waals surface area contributed by atoms with Crippen LogP contribution in [0, 0.1) is 0 Å². The summed E-state index contributed by atoms with van der Waals surface area (Å²) >= 11 is 4.06. The van der Waals surface area contributed by atoms with Crippen molar-refractivity contribution < 1.29 is 9.90 Å². The number of aromatic hydroxyl groups is 1. The molecular weight excluding hydrogens is 402 g/mol. The van der Waals surface area contributed by atoms with Crippen LogP contribution in [0.5, 0.6) is 5.75 Å². The smallest absolute Gasteiger partial charge is 0.342 e. The molecule has 0 aliphatic heterocycles. The lowest BCUT2D eigenvalue weighted by atomic mass is 10.2. The Labute approximate surface area is 147 Å². The molecule has 1 atom stereocenters. The van der Waals surface area contributed by atoms with Gasteiger partial charge in [-0.15, -0.1) is 0 Å². The highest BCUT2D eigenvalue weighted by Crippen LogP contribution is 2.23. The zero-order valence-corrected chi connectivity index (χ0v) is 14.6. The van der Waals surface area contributed by atoms with E-state index < -0.39 is 22.4 Å². The number of nitrogens with one attached hydrogen (secondary N) is 3. The van der Waals surface area contributed by atoms with Gasteiger partial charge in [0.1, 0.15) is 5.75 Å². The minimum atomic E-state index is -0.717. The molecule has 0 saturated heterocycles. The molecule has 2 rings (SSSR count). The first kappa shape index (κ1) is 17.9. The molecular formula is C13H12BrN5O4S. The second kappa shape index (κ2) is 7.93. The van der Waals surface area contributed by atoms with Crippen molar-refractivity contribution in [2.45, 2.75) is 17.2 Å². The molecule has 4 N–H and O–H groups in total. The van der Waals surface area contributed by atoms with Gasteiger partial charge < -0.3 is 5.11 Å². The van der Waals surface area contributed by atoms with Gasteiger partial charge in [-0.2, -0.15) is 10.2 Å². The van der Waals surface area contributed by atoms with Crippen molar-refractivity contribution >= 4 is 39.8 Å². The number of phenolic OH excluding ortho intramolecular Hbond substituents is 1. The van der Waals surface area contributed by atoms with Gasteiger partial charge >= 0.3 is 5.69 Å². The second-order valence-corrected chi connectivity index (χ2v) is 6.70. The number of H-pyrrole nitrogens is 2. The van der Waals surface area contributed by atoms with Gasteiger partial charge in [-0.1, -0.05) is 11.8 Å². The van der Waals surface area contributed by atoms with Crippen LogP contribution in [-0.2, 0) is 4.79 Å². The van der Waals surface area contributed by atoms with E-state index in [4.69, 9.17) is 0 Å². The zero-order chi connectivity index (χ0) is 17.7. The lowest BCUT2D eigenvalue weighted by molar-refractivity contribution is -0.120. The number of halogens is 1. The molecule has 0 saturated carbocycles. The van der Waals surface area contributed by atoms with Crippen molar-refractivity contribution in [3.8, 4) is 5.75 Å². The second-order valence-electron chi connectivity index (χ2n) is 4.52. The van der Waals surface area contributed by atoms with E-state index in [9.17, 15) is 19.5 Å². The highest BCUT2D eigenvalue weighted by atomic mass is 79.9. The van der Waals surface area contributed by atoms with E-state index in [1.807, 2.05) is 4.98 Å². The molecule has 1 amide bonds. The Hall–Kier alpha value is -2.40. The Morgan fingerprint density at radius 3 is 2.92 bits per heavy atom. The Kier molecular flexibility index (Phi) is 5.93. The zero-order valence-electron chi connectivity index (χ0n) is 12.2. The van der Waals surface area contributed by atoms with Crippen LogP contribution < -0.4 is 16.7 Å². The third-order valence-corrected chi connectivity index (χ3v) is 4.40. The lowest BCUT2D eigenvalue weighted by Crippen LogP contribution is -2.30. The molecule has 1 unspecified atom stereocenters. The van der Waals surface area contributed by atoms with E-state index in [-0.39, 0.29) is 10.8 Å². The number of thioether (sulfide) groups is 1. The number of amides is 1. The highest BCUT2D eigenvalue weighted by Gasteiger charge is 2.16. The van der Waals surface area contributed by atoms with Gasteiger partial charge in [0.25, 0.3) is 11.5 Å². The molecule has 2 aromatic rings. The fourth-order valence-corrected chi connectivity index (χ4v) is 2.65. The van der Waals surface area contributed by atoms with Crippen molar-refractivity contribution in [3.05, 3.63) is 49.1 Å². The maximum absolute atomic E-state index is 11.9. The molecule has 0 fully saturated rings. The Balaban J connectivity index is 1.96. The predicted molar refractivity (Wildman–Crippen MR) is 92.3 cm³/mol. The molecule has 1 aromatic heterocycles. The van der Waals surface area contributed by atoms with Gasteiger partial charge in [-0.25, -0.2) is 15.3 Å². The fourth-order valence-electron chi connectivity index (χ4n) is 1.50. The Morgan fingerprint density at radius 1 is 1.50 bits per heavy atom. The van der Waals surface area contributed by atoms with E-state index in [0.29, 0.717) is 10.0 Å². The van der Waals surface area contributed by atoms with Gasteiger partial charge in [0.15, 0.2) is 5.03 Å². The fraction of sp³-hybridized carbons (Fsp3) is 0.154. The SMILES string of the molecule is CC(Sc1n[nH]c(=O)[nH]c1=O)C(=O)N/N=C/c1ccc(O)c(Br)c1. The highest BCUT2D eigenvalue weighted by molar-refractivity contribution is 9.10. The monoisotopic (exact) mass is 413 g/mol. The molecule has 24 heavy (non-hydrogen) atoms. The topological polar surface area (TPSA) is 140 Å². The molecule has 126 valence electrons. The van der Waals surface area contributed by atoms with E-state index in [2.05, 4.69) is 36.7 Å². The van der Waals surface area contributed by atoms with E-state index in [1.165, 1.54) is 12.3 Å². The van der Waals surface area contributed by atoms with Crippen molar-refractivity contribution in [2.24, 2.45) is 5.10 Å². The molecule has 9 nitrogen and oxygen atoms in total. The van der Waals surface area contributed by atoms with Gasteiger partial charge in [-0.3, -0.25) is 14.6 Å². The number of hydrogen-bond acceptors (Lipinski definition) is 7. The lowest BCUT2D eigenvalue weighted by Gasteiger charge is -2.07. The number of aromatic nitrogens is 3. The van der Waals surface area contributed by atoms with Gasteiger partial charge in [-0.05, 0) is 46.6 Å². The number of benzene rings is 1. The number of hydrogen-bond donors (Lipinski definition) is 4. The quantitative estimate of drug-likeness (QED) is 0.320. The third kappa shape index (κ3) is 4.80. The number of rotatable bonds is 5. The average Bonchev–Trinajstić information content (AvgIpc) is 2.53. The average molecular weight is 414 g/mol. The number of carbonyl (C=O) groups is 1. The van der Waals surface area contributed by atoms with Gasteiger partial charge in [0, 0.05) is 0 Å². The minimum Gasteiger partial charge on any atom is -0.507 e. The van der Waals surface area contributed by atoms with Crippen LogP contribution in [0.3, 0.4) is 0 Å². The van der Waals surface area contributed by atoms with Crippen LogP contribution in [-0.4, -0.2) is 37.7 Å². The summed E-state index contributed by atoms with van der Waals surface area (Å²) in [7, 11) is 0. The van der Waals surface area contributed by atoms with Crippen LogP contribution in [0.25, 0.3) is 0 Å². The summed E-state index contributed by atoms with van der Waals surface area (Å²) in [5, 5.41) is 18.2. The van der Waals surface area contributed by atoms with Gasteiger partial charge in [0.05, 0.1) is 15.9 Å². The summed E-state index contributed by atoms with van der Waals surface area (Å²) in [6, 6.07) is 4.74. The first-order chi connectivity index (χ1) is 11.4. The van der Waals surface area contributed by atoms with Crippen LogP contribution in [0.1, 0.15) is 12.5 Å². The molecule has 0 aliphatic rings. The maximum atomic E-state index is 11.9. The van der Waals surface area contributed by atoms with Crippen molar-refractivity contribution in [2.75, 3.05) is 0 Å². The van der Waals surface area contributed by atoms with Crippen LogP contribution in [0.2, 0.25) is 0 Å². The molecule has 1 aromatic carbocycles. The number of carbonyl (C=O) groups excluding carboxylic acids is 1. The van der Waals surface area contributed by atoms with Gasteiger partial charge in [0.2, 0.25) is 0 Å². The first-order valence-corrected chi connectivity index (χ1v) is 8.21. The summed E-state index contributed by atoms with van der Waals surface area (Å²) < 4.78 is 0.505. The molecule has 0 aliphatic carbocycles. The third-order valence-electron chi connectivity index (χ3n) is 2.70. The van der Waals surface area contributed by atoms with Crippen molar-refractivity contribution in [1.82, 2.24) is 20.6 Å². The Bertz CT molecular complexity index is 894. The largest absolute Gasteiger partial charge is 0.507 e. The van der Waals surface area contributed by atoms with Crippen molar-refractivity contribution in [1.29, 1.82) is 0 Å². The number of phenols is 1. The summed E-state index contributed by atoms with van der Waals surface area (Å²) in [6.45, 7) is 1.57. The minimum absolute atomic E-state index is 0.0244. The first-order valence-electron chi connectivity index (χ1n) is 6.54. The maximum Gasteiger partial charge on any atom is 0.342 e. The molecule has 1 heterocycles.